The minimum Gasteiger partial charge on any atom is -0.386 e. The van der Waals surface area contributed by atoms with Crippen LogP contribution in [-0.2, 0) is 30.5 Å². The standard InChI is InChI=1S/C65H74N16O9S6/c1-34(2)49-64-78-52(45(96-64)29-90-5)57(87)67-28-48(83)75-53(54(84)36-11-7-6-8-12-36)63-72-44(32-93-63)61-70-42(30-92-61)51-39(59-71-43(31-91-59)56(86)69-41(27-47(82)66-4)62-77-50(35(3)95-62)58(88)76-49)17-18-40(68-51)60-74-46(33-94-60)73-55(85)37-13-15-38(16-14-37)65(89)81-25-23-80(24-26-81)22-21-79-19-9-10-20-79/h6-8,11-12,17-18,30-34,37-38,41,49,53-54,84H,9-10,13-16,19-29H2,1-5H3,(H,66,82)(H,67,87)(H,69,86)(H,73,85)(H,75,83)(H,76,88)/t37?,38?,41-,49-,53-,54-/m0/s1. The van der Waals surface area contributed by atoms with E-state index in [0.717, 1.165) is 50.6 Å². The molecular weight excluding hydrogens is 1340 g/mol. The number of carbonyl (C=O) groups is 7. The van der Waals surface area contributed by atoms with Crippen LogP contribution in [0.3, 0.4) is 0 Å². The van der Waals surface area contributed by atoms with Gasteiger partial charge in [-0.3, -0.25) is 38.5 Å². The molecule has 504 valence electrons. The SMILES string of the molecule is CNC(=O)C[C@@H]1NC(=O)c2csc(n2)-c2ccc(-c3nc(NC(=O)C4CCC(C(=O)N5CCN(CCN6CCCC6)CC5)CC4)cs3)nc2-c2csc(n2)-c2csc(n2)[C@H]([C@@H](O)c2ccccc2)NC(=O)CNC(=O)c2nc(sc2COC)[C@H](C(C)C)NC(=O)c2nc1sc2C. The molecule has 7 aromatic heterocycles. The van der Waals surface area contributed by atoms with Crippen molar-refractivity contribution in [2.45, 2.75) is 96.6 Å². The Hall–Kier alpha value is -7.72. The largest absolute Gasteiger partial charge is 0.386 e. The van der Waals surface area contributed by atoms with Crippen LogP contribution in [0.5, 0.6) is 0 Å². The number of likely N-dealkylation sites (tertiary alicyclic amines) is 1. The molecule has 4 aliphatic rings. The van der Waals surface area contributed by atoms with Crippen molar-refractivity contribution in [3.63, 3.8) is 0 Å². The van der Waals surface area contributed by atoms with Crippen molar-refractivity contribution in [2.75, 3.05) is 78.4 Å². The third kappa shape index (κ3) is 15.8. The van der Waals surface area contributed by atoms with Gasteiger partial charge in [0.05, 0.1) is 42.2 Å². The third-order valence-corrected chi connectivity index (χ3v) is 23.3. The van der Waals surface area contributed by atoms with Crippen molar-refractivity contribution < 1.29 is 43.4 Å². The zero-order valence-electron chi connectivity index (χ0n) is 53.5. The summed E-state index contributed by atoms with van der Waals surface area (Å²) in [5.41, 5.74) is 2.86. The molecule has 1 aliphatic carbocycles. The summed E-state index contributed by atoms with van der Waals surface area (Å²) < 4.78 is 5.47. The van der Waals surface area contributed by atoms with Crippen LogP contribution in [0.15, 0.2) is 64.0 Å². The maximum atomic E-state index is 14.4. The van der Waals surface area contributed by atoms with Crippen molar-refractivity contribution in [2.24, 2.45) is 17.8 Å². The van der Waals surface area contributed by atoms with Crippen LogP contribution in [0.25, 0.3) is 43.4 Å². The fourth-order valence-corrected chi connectivity index (χ4v) is 17.7. The Kier molecular flexibility index (Phi) is 21.9. The van der Waals surface area contributed by atoms with E-state index in [4.69, 9.17) is 39.6 Å². The fraction of sp³-hybridized carbons (Fsp3) is 0.446. The predicted molar refractivity (Wildman–Crippen MR) is 370 cm³/mol. The molecule has 7 N–H and O–H groups in total. The average Bonchev–Trinajstić information content (AvgIpc) is 1.56. The van der Waals surface area contributed by atoms with Crippen molar-refractivity contribution in [1.29, 1.82) is 0 Å². The number of piperazine rings is 1. The molecule has 7 amide bonds. The van der Waals surface area contributed by atoms with E-state index in [1.807, 2.05) is 36.3 Å². The highest BCUT2D eigenvalue weighted by Crippen LogP contribution is 2.41. The van der Waals surface area contributed by atoms with Gasteiger partial charge < -0.3 is 51.5 Å². The molecule has 3 aliphatic heterocycles. The highest BCUT2D eigenvalue weighted by Gasteiger charge is 2.36. The third-order valence-electron chi connectivity index (χ3n) is 17.6. The zero-order valence-corrected chi connectivity index (χ0v) is 58.4. The number of fused-ring (bicyclic) bond motifs is 14. The second kappa shape index (κ2) is 30.8. The summed E-state index contributed by atoms with van der Waals surface area (Å²) >= 11 is 7.31. The highest BCUT2D eigenvalue weighted by atomic mass is 32.1. The molecule has 0 unspecified atom stereocenters. The number of hydrogen-bond donors (Lipinski definition) is 7. The van der Waals surface area contributed by atoms with Gasteiger partial charge in [-0.1, -0.05) is 44.2 Å². The Morgan fingerprint density at radius 3 is 2.06 bits per heavy atom. The van der Waals surface area contributed by atoms with E-state index < -0.39 is 60.3 Å². The Morgan fingerprint density at radius 2 is 1.32 bits per heavy atom. The van der Waals surface area contributed by atoms with Crippen molar-refractivity contribution in [1.82, 2.24) is 76.2 Å². The van der Waals surface area contributed by atoms with E-state index in [0.29, 0.717) is 105 Å². The summed E-state index contributed by atoms with van der Waals surface area (Å²) in [4.78, 5) is 140. The number of nitrogens with one attached hydrogen (secondary N) is 6. The summed E-state index contributed by atoms with van der Waals surface area (Å²) in [7, 11) is 2.96. The van der Waals surface area contributed by atoms with E-state index in [9.17, 15) is 38.7 Å². The van der Waals surface area contributed by atoms with Gasteiger partial charge in [0, 0.05) is 97.2 Å². The molecule has 8 aromatic rings. The lowest BCUT2D eigenvalue weighted by Crippen LogP contribution is -2.51. The molecule has 1 aromatic carbocycles. The number of methoxy groups -OCH3 is 1. The van der Waals surface area contributed by atoms with Crippen LogP contribution >= 0.6 is 68.0 Å². The number of hydrogen-bond acceptors (Lipinski definition) is 24. The van der Waals surface area contributed by atoms with Crippen molar-refractivity contribution in [3.8, 4) is 43.4 Å². The molecule has 96 heavy (non-hydrogen) atoms. The van der Waals surface area contributed by atoms with E-state index >= 15 is 0 Å². The normalized spacial score (nSPS) is 20.4. The first kappa shape index (κ1) is 68.2. The molecule has 31 heteroatoms. The lowest BCUT2D eigenvalue weighted by atomic mass is 9.81. The molecule has 10 heterocycles. The smallest absolute Gasteiger partial charge is 0.271 e. The summed E-state index contributed by atoms with van der Waals surface area (Å²) in [5.74, 6) is -3.04. The van der Waals surface area contributed by atoms with Gasteiger partial charge in [-0.2, -0.15) is 0 Å². The van der Waals surface area contributed by atoms with Crippen molar-refractivity contribution in [3.05, 3.63) is 111 Å². The van der Waals surface area contributed by atoms with Crippen LogP contribution in [0.1, 0.15) is 145 Å². The number of anilines is 1. The number of amides is 7. The number of aliphatic hydroxyl groups is 1. The molecule has 25 nitrogen and oxygen atoms in total. The number of pyridine rings is 1. The van der Waals surface area contributed by atoms with Gasteiger partial charge in [-0.05, 0) is 82.2 Å². The van der Waals surface area contributed by atoms with Crippen LogP contribution in [0.4, 0.5) is 5.82 Å². The van der Waals surface area contributed by atoms with Gasteiger partial charge >= 0.3 is 0 Å². The van der Waals surface area contributed by atoms with Crippen LogP contribution in [0, 0.1) is 24.7 Å². The second-order valence-corrected chi connectivity index (χ2v) is 30.2. The van der Waals surface area contributed by atoms with E-state index in [1.54, 1.807) is 53.4 Å². The first-order valence-electron chi connectivity index (χ1n) is 31.9. The molecule has 0 spiro atoms. The van der Waals surface area contributed by atoms with E-state index in [2.05, 4.69) is 41.7 Å². The second-order valence-electron chi connectivity index (χ2n) is 24.4. The fourth-order valence-electron chi connectivity index (χ4n) is 12.2. The molecular formula is C65H74N16O9S6. The highest BCUT2D eigenvalue weighted by molar-refractivity contribution is 7.15. The number of aliphatic hydroxyl groups excluding tert-OH is 1. The molecule has 1 saturated carbocycles. The minimum atomic E-state index is -1.28. The lowest BCUT2D eigenvalue weighted by molar-refractivity contribution is -0.139. The number of thiazole rings is 6. The van der Waals surface area contributed by atoms with Gasteiger partial charge in [0.15, 0.2) is 0 Å². The maximum Gasteiger partial charge on any atom is 0.271 e. The van der Waals surface area contributed by atoms with Gasteiger partial charge in [0.1, 0.15) is 82.2 Å². The van der Waals surface area contributed by atoms with Crippen LogP contribution in [-0.4, -0.2) is 169 Å². The Morgan fingerprint density at radius 1 is 0.646 bits per heavy atom. The first-order valence-corrected chi connectivity index (χ1v) is 37.1. The van der Waals surface area contributed by atoms with Gasteiger partial charge in [0.2, 0.25) is 23.6 Å². The molecule has 4 atom stereocenters. The number of benzene rings is 1. The zero-order chi connectivity index (χ0) is 67.1. The molecule has 3 fully saturated rings. The molecule has 10 bridgehead atoms. The Bertz CT molecular complexity index is 4120. The number of rotatable bonds is 14. The molecule has 2 saturated heterocycles. The maximum absolute atomic E-state index is 14.4. The van der Waals surface area contributed by atoms with Gasteiger partial charge in [-0.25, -0.2) is 34.9 Å². The van der Waals surface area contributed by atoms with Crippen LogP contribution in [0.2, 0.25) is 0 Å². The number of aryl methyl sites for hydroxylation is 1. The number of aromatic nitrogens is 7. The minimum absolute atomic E-state index is 0.00309. The summed E-state index contributed by atoms with van der Waals surface area (Å²) in [6, 6.07) is 9.65. The number of nitrogens with zero attached hydrogens (tertiary/aromatic N) is 10. The average molecular weight is 1420 g/mol. The van der Waals surface area contributed by atoms with Crippen molar-refractivity contribution >= 4 is 115 Å². The van der Waals surface area contributed by atoms with Gasteiger partial charge in [-0.15, -0.1) is 68.0 Å². The Labute approximate surface area is 578 Å². The summed E-state index contributed by atoms with van der Waals surface area (Å²) in [5, 5.41) is 38.7. The number of carbonyl (C=O) groups excluding carboxylic acids is 7. The summed E-state index contributed by atoms with van der Waals surface area (Å²) in [6.07, 6.45) is 3.57. The quantitative estimate of drug-likeness (QED) is 0.0538. The lowest BCUT2D eigenvalue weighted by Gasteiger charge is -2.38. The first-order chi connectivity index (χ1) is 46.5. The Balaban J connectivity index is 0.825. The van der Waals surface area contributed by atoms with E-state index in [-0.39, 0.29) is 59.7 Å². The summed E-state index contributed by atoms with van der Waals surface area (Å²) in [6.45, 7) is 12.7. The topological polar surface area (TPSA) is 321 Å². The van der Waals surface area contributed by atoms with Gasteiger partial charge in [0.25, 0.3) is 17.7 Å². The molecule has 12 rings (SSSR count). The monoisotopic (exact) mass is 1410 g/mol. The van der Waals surface area contributed by atoms with Crippen LogP contribution < -0.4 is 31.9 Å². The molecule has 0 radical (unpaired) electrons. The van der Waals surface area contributed by atoms with E-state index in [1.165, 1.54) is 96.8 Å². The number of ether oxygens (including phenoxy) is 1. The predicted octanol–water partition coefficient (Wildman–Crippen LogP) is 8.30.